The Balaban J connectivity index is 2.40. The summed E-state index contributed by atoms with van der Waals surface area (Å²) in [6, 6.07) is 9.76. The quantitative estimate of drug-likeness (QED) is 0.840. The van der Waals surface area contributed by atoms with Crippen molar-refractivity contribution in [1.29, 1.82) is 0 Å². The second-order valence-corrected chi connectivity index (χ2v) is 6.46. The van der Waals surface area contributed by atoms with Gasteiger partial charge in [0.1, 0.15) is 0 Å². The number of hydrogen-bond donors (Lipinski definition) is 0. The van der Waals surface area contributed by atoms with Crippen LogP contribution in [0.15, 0.2) is 35.1 Å². The monoisotopic (exact) mass is 270 g/mol. The zero-order valence-corrected chi connectivity index (χ0v) is 12.9. The van der Waals surface area contributed by atoms with E-state index in [0.717, 1.165) is 11.3 Å². The maximum atomic E-state index is 12.0. The number of nitrogens with zero attached hydrogens (tertiary/aromatic N) is 2. The molecule has 0 amide bonds. The Kier molecular flexibility index (Phi) is 3.80. The molecule has 0 spiro atoms. The van der Waals surface area contributed by atoms with E-state index >= 15 is 0 Å². The standard InChI is InChI=1S/C17H22N2O/c1-12-8-13(2)10-14(9-12)11-19-16(20)7-6-15(18-19)17(3,4)5/h6-10H,11H2,1-5H3. The molecule has 0 atom stereocenters. The number of aryl methyl sites for hydroxylation is 2. The zero-order valence-electron chi connectivity index (χ0n) is 12.9. The second-order valence-electron chi connectivity index (χ2n) is 6.46. The van der Waals surface area contributed by atoms with E-state index in [-0.39, 0.29) is 11.0 Å². The van der Waals surface area contributed by atoms with Gasteiger partial charge < -0.3 is 0 Å². The van der Waals surface area contributed by atoms with Crippen molar-refractivity contribution in [2.75, 3.05) is 0 Å². The molecule has 0 bridgehead atoms. The minimum atomic E-state index is -0.0582. The van der Waals surface area contributed by atoms with Gasteiger partial charge in [-0.05, 0) is 25.5 Å². The fourth-order valence-corrected chi connectivity index (χ4v) is 2.30. The highest BCUT2D eigenvalue weighted by Gasteiger charge is 2.16. The van der Waals surface area contributed by atoms with Gasteiger partial charge >= 0.3 is 0 Å². The fraction of sp³-hybridized carbons (Fsp3) is 0.412. The maximum absolute atomic E-state index is 12.0. The van der Waals surface area contributed by atoms with E-state index in [9.17, 15) is 4.79 Å². The minimum Gasteiger partial charge on any atom is -0.268 e. The maximum Gasteiger partial charge on any atom is 0.267 e. The van der Waals surface area contributed by atoms with Gasteiger partial charge in [-0.15, -0.1) is 0 Å². The van der Waals surface area contributed by atoms with Gasteiger partial charge in [-0.2, -0.15) is 5.10 Å². The van der Waals surface area contributed by atoms with Crippen LogP contribution >= 0.6 is 0 Å². The van der Waals surface area contributed by atoms with E-state index in [0.29, 0.717) is 6.54 Å². The summed E-state index contributed by atoms with van der Waals surface area (Å²) in [4.78, 5) is 12.0. The van der Waals surface area contributed by atoms with Crippen molar-refractivity contribution in [3.63, 3.8) is 0 Å². The third-order valence-corrected chi connectivity index (χ3v) is 3.25. The second kappa shape index (κ2) is 5.23. The average molecular weight is 270 g/mol. The van der Waals surface area contributed by atoms with Crippen LogP contribution in [0.25, 0.3) is 0 Å². The summed E-state index contributed by atoms with van der Waals surface area (Å²) >= 11 is 0. The van der Waals surface area contributed by atoms with Crippen molar-refractivity contribution >= 4 is 0 Å². The van der Waals surface area contributed by atoms with Gasteiger partial charge in [-0.1, -0.05) is 50.1 Å². The van der Waals surface area contributed by atoms with E-state index < -0.39 is 0 Å². The highest BCUT2D eigenvalue weighted by molar-refractivity contribution is 5.28. The minimum absolute atomic E-state index is 0.0576. The molecular formula is C17H22N2O. The predicted molar refractivity (Wildman–Crippen MR) is 82.2 cm³/mol. The molecule has 0 unspecified atom stereocenters. The molecule has 0 fully saturated rings. The Hall–Kier alpha value is -1.90. The first-order chi connectivity index (χ1) is 9.25. The van der Waals surface area contributed by atoms with Crippen LogP contribution < -0.4 is 5.56 Å². The summed E-state index contributed by atoms with van der Waals surface area (Å²) in [6.45, 7) is 10.9. The Morgan fingerprint density at radius 2 is 1.65 bits per heavy atom. The molecule has 2 aromatic rings. The van der Waals surface area contributed by atoms with Crippen molar-refractivity contribution in [2.24, 2.45) is 0 Å². The van der Waals surface area contributed by atoms with Crippen molar-refractivity contribution in [2.45, 2.75) is 46.6 Å². The summed E-state index contributed by atoms with van der Waals surface area (Å²) in [7, 11) is 0. The third-order valence-electron chi connectivity index (χ3n) is 3.25. The van der Waals surface area contributed by atoms with Crippen molar-refractivity contribution in [3.8, 4) is 0 Å². The van der Waals surface area contributed by atoms with Crippen LogP contribution in [0.4, 0.5) is 0 Å². The van der Waals surface area contributed by atoms with E-state index in [1.54, 1.807) is 10.7 Å². The highest BCUT2D eigenvalue weighted by Crippen LogP contribution is 2.18. The molecule has 0 aliphatic rings. The van der Waals surface area contributed by atoms with Crippen molar-refractivity contribution in [3.05, 3.63) is 63.1 Å². The first-order valence-corrected chi connectivity index (χ1v) is 6.91. The smallest absolute Gasteiger partial charge is 0.267 e. The highest BCUT2D eigenvalue weighted by atomic mass is 16.1. The van der Waals surface area contributed by atoms with Crippen LogP contribution in [0.3, 0.4) is 0 Å². The molecule has 0 aliphatic carbocycles. The molecule has 0 saturated heterocycles. The van der Waals surface area contributed by atoms with Gasteiger partial charge in [0.05, 0.1) is 12.2 Å². The molecule has 106 valence electrons. The molecule has 0 saturated carbocycles. The topological polar surface area (TPSA) is 34.9 Å². The third kappa shape index (κ3) is 3.35. The lowest BCUT2D eigenvalue weighted by atomic mass is 9.92. The largest absolute Gasteiger partial charge is 0.268 e. The Morgan fingerprint density at radius 1 is 1.05 bits per heavy atom. The van der Waals surface area contributed by atoms with Gasteiger partial charge in [-0.3, -0.25) is 4.79 Å². The van der Waals surface area contributed by atoms with E-state index in [1.165, 1.54) is 11.1 Å². The SMILES string of the molecule is Cc1cc(C)cc(Cn2nc(C(C)(C)C)ccc2=O)c1. The van der Waals surface area contributed by atoms with Gasteiger partial charge in [0.15, 0.2) is 0 Å². The molecule has 20 heavy (non-hydrogen) atoms. The van der Waals surface area contributed by atoms with Crippen molar-refractivity contribution < 1.29 is 0 Å². The number of rotatable bonds is 2. The van der Waals surface area contributed by atoms with Crippen LogP contribution in [-0.4, -0.2) is 9.78 Å². The molecular weight excluding hydrogens is 248 g/mol. The summed E-state index contributed by atoms with van der Waals surface area (Å²) < 4.78 is 1.55. The first kappa shape index (κ1) is 14.5. The Morgan fingerprint density at radius 3 is 2.20 bits per heavy atom. The van der Waals surface area contributed by atoms with E-state index in [2.05, 4.69) is 57.9 Å². The van der Waals surface area contributed by atoms with E-state index in [4.69, 9.17) is 0 Å². The van der Waals surface area contributed by atoms with Gasteiger partial charge in [-0.25, -0.2) is 4.68 Å². The van der Waals surface area contributed by atoms with Gasteiger partial charge in [0.25, 0.3) is 5.56 Å². The Bertz CT molecular complexity index is 658. The van der Waals surface area contributed by atoms with Crippen LogP contribution in [-0.2, 0) is 12.0 Å². The molecule has 0 aliphatic heterocycles. The molecule has 1 aromatic carbocycles. The molecule has 3 nitrogen and oxygen atoms in total. The average Bonchev–Trinajstić information content (AvgIpc) is 2.29. The molecule has 3 heteroatoms. The molecule has 2 rings (SSSR count). The summed E-state index contributed by atoms with van der Waals surface area (Å²) in [6.07, 6.45) is 0. The van der Waals surface area contributed by atoms with Crippen LogP contribution in [0.5, 0.6) is 0 Å². The zero-order chi connectivity index (χ0) is 14.9. The lowest BCUT2D eigenvalue weighted by Crippen LogP contribution is -2.27. The number of aromatic nitrogens is 2. The van der Waals surface area contributed by atoms with E-state index in [1.807, 2.05) is 6.07 Å². The lowest BCUT2D eigenvalue weighted by Gasteiger charge is -2.18. The van der Waals surface area contributed by atoms with Crippen LogP contribution in [0.2, 0.25) is 0 Å². The summed E-state index contributed by atoms with van der Waals surface area (Å²) in [5, 5.41) is 4.50. The van der Waals surface area contributed by atoms with Crippen LogP contribution in [0.1, 0.15) is 43.2 Å². The van der Waals surface area contributed by atoms with Gasteiger partial charge in [0.2, 0.25) is 0 Å². The van der Waals surface area contributed by atoms with Gasteiger partial charge in [0, 0.05) is 11.5 Å². The molecule has 1 heterocycles. The molecule has 1 aromatic heterocycles. The summed E-state index contributed by atoms with van der Waals surface area (Å²) in [5.41, 5.74) is 4.35. The van der Waals surface area contributed by atoms with Crippen molar-refractivity contribution in [1.82, 2.24) is 9.78 Å². The molecule has 0 N–H and O–H groups in total. The lowest BCUT2D eigenvalue weighted by molar-refractivity contribution is 0.517. The fourth-order valence-electron chi connectivity index (χ4n) is 2.30. The number of hydrogen-bond acceptors (Lipinski definition) is 2. The summed E-state index contributed by atoms with van der Waals surface area (Å²) in [5.74, 6) is 0. The normalized spacial score (nSPS) is 11.7. The predicted octanol–water partition coefficient (Wildman–Crippen LogP) is 3.21. The van der Waals surface area contributed by atoms with Crippen LogP contribution in [0, 0.1) is 13.8 Å². The first-order valence-electron chi connectivity index (χ1n) is 6.91. The number of benzene rings is 1. The molecule has 0 radical (unpaired) electrons. The Labute approximate surface area is 120 Å².